The van der Waals surface area contributed by atoms with Gasteiger partial charge in [-0.15, -0.1) is 0 Å². The fourth-order valence-corrected chi connectivity index (χ4v) is 3.26. The highest BCUT2D eigenvalue weighted by Crippen LogP contribution is 2.49. The maximum absolute atomic E-state index is 11.7. The number of carbonyl (C=O) groups is 1. The summed E-state index contributed by atoms with van der Waals surface area (Å²) in [6.45, 7) is 4.07. The molecule has 0 aliphatic heterocycles. The molecule has 6 nitrogen and oxygen atoms in total. The van der Waals surface area contributed by atoms with Crippen molar-refractivity contribution in [2.45, 2.75) is 20.3 Å². The van der Waals surface area contributed by atoms with Crippen LogP contribution < -0.4 is 18.9 Å². The summed E-state index contributed by atoms with van der Waals surface area (Å²) in [6, 6.07) is 7.84. The van der Waals surface area contributed by atoms with Crippen LogP contribution in [0.3, 0.4) is 0 Å². The predicted octanol–water partition coefficient (Wildman–Crippen LogP) is 4.20. The highest BCUT2D eigenvalue weighted by molar-refractivity contribution is 5.87. The van der Waals surface area contributed by atoms with Gasteiger partial charge in [-0.2, -0.15) is 0 Å². The number of methoxy groups -OCH3 is 4. The Labute approximate surface area is 172 Å². The van der Waals surface area contributed by atoms with Crippen molar-refractivity contribution in [1.29, 1.82) is 0 Å². The van der Waals surface area contributed by atoms with Gasteiger partial charge in [0.15, 0.2) is 11.5 Å². The van der Waals surface area contributed by atoms with Crippen LogP contribution in [-0.2, 0) is 16.0 Å². The van der Waals surface area contributed by atoms with Crippen molar-refractivity contribution < 1.29 is 28.5 Å². The van der Waals surface area contributed by atoms with Gasteiger partial charge < -0.3 is 23.7 Å². The first-order valence-corrected chi connectivity index (χ1v) is 9.30. The minimum atomic E-state index is -0.371. The molecule has 29 heavy (non-hydrogen) atoms. The monoisotopic (exact) mass is 400 g/mol. The van der Waals surface area contributed by atoms with Crippen molar-refractivity contribution >= 4 is 12.0 Å². The van der Waals surface area contributed by atoms with E-state index in [2.05, 4.69) is 0 Å². The average molecular weight is 400 g/mol. The number of rotatable bonds is 9. The Morgan fingerprint density at radius 3 is 2.07 bits per heavy atom. The molecule has 0 atom stereocenters. The van der Waals surface area contributed by atoms with E-state index in [1.807, 2.05) is 31.2 Å². The van der Waals surface area contributed by atoms with Crippen molar-refractivity contribution in [3.63, 3.8) is 0 Å². The van der Waals surface area contributed by atoms with Crippen LogP contribution in [0.25, 0.3) is 6.08 Å². The molecular weight excluding hydrogens is 372 g/mol. The molecule has 0 spiro atoms. The summed E-state index contributed by atoms with van der Waals surface area (Å²) < 4.78 is 27.3. The van der Waals surface area contributed by atoms with E-state index in [0.717, 1.165) is 22.3 Å². The Balaban J connectivity index is 2.57. The van der Waals surface area contributed by atoms with E-state index in [1.54, 1.807) is 41.4 Å². The normalized spacial score (nSPS) is 10.7. The molecule has 0 heterocycles. The number of carbonyl (C=O) groups excluding carboxylic acids is 1. The van der Waals surface area contributed by atoms with Crippen LogP contribution >= 0.6 is 0 Å². The van der Waals surface area contributed by atoms with Crippen molar-refractivity contribution in [3.8, 4) is 23.0 Å². The second-order valence-electron chi connectivity index (χ2n) is 6.20. The minimum Gasteiger partial charge on any atom is -0.492 e. The lowest BCUT2D eigenvalue weighted by Crippen LogP contribution is -2.06. The average Bonchev–Trinajstić information content (AvgIpc) is 2.73. The Kier molecular flexibility index (Phi) is 7.95. The predicted molar refractivity (Wildman–Crippen MR) is 112 cm³/mol. The van der Waals surface area contributed by atoms with Gasteiger partial charge in [0.2, 0.25) is 11.5 Å². The first-order valence-electron chi connectivity index (χ1n) is 9.30. The largest absolute Gasteiger partial charge is 0.492 e. The van der Waals surface area contributed by atoms with Crippen LogP contribution in [0, 0.1) is 6.92 Å². The maximum Gasteiger partial charge on any atom is 0.330 e. The molecule has 6 heteroatoms. The van der Waals surface area contributed by atoms with Crippen LogP contribution in [0.15, 0.2) is 30.3 Å². The smallest absolute Gasteiger partial charge is 0.330 e. The quantitative estimate of drug-likeness (QED) is 0.464. The molecule has 2 aromatic carbocycles. The molecule has 0 bridgehead atoms. The molecule has 0 aliphatic carbocycles. The van der Waals surface area contributed by atoms with Crippen molar-refractivity contribution in [2.75, 3.05) is 35.0 Å². The standard InChI is InChI=1S/C23H28O6/c1-7-29-19(24)13-12-16-10-8-9-11-17(16)14-18-15(2)20(25-3)22(27-5)23(28-6)21(18)26-4/h8-13H,7,14H2,1-6H3. The van der Waals surface area contributed by atoms with Crippen LogP contribution in [0.1, 0.15) is 29.2 Å². The Morgan fingerprint density at radius 2 is 1.48 bits per heavy atom. The van der Waals surface area contributed by atoms with Gasteiger partial charge in [0.25, 0.3) is 0 Å². The van der Waals surface area contributed by atoms with Crippen LogP contribution in [0.2, 0.25) is 0 Å². The molecule has 0 amide bonds. The lowest BCUT2D eigenvalue weighted by molar-refractivity contribution is -0.137. The molecule has 2 aromatic rings. The topological polar surface area (TPSA) is 63.2 Å². The molecule has 0 saturated heterocycles. The molecule has 2 rings (SSSR count). The van der Waals surface area contributed by atoms with Gasteiger partial charge >= 0.3 is 5.97 Å². The second-order valence-corrected chi connectivity index (χ2v) is 6.20. The summed E-state index contributed by atoms with van der Waals surface area (Å²) in [5.41, 5.74) is 3.74. The van der Waals surface area contributed by atoms with E-state index in [1.165, 1.54) is 6.08 Å². The van der Waals surface area contributed by atoms with E-state index >= 15 is 0 Å². The maximum atomic E-state index is 11.7. The number of hydrogen-bond acceptors (Lipinski definition) is 6. The highest BCUT2D eigenvalue weighted by atomic mass is 16.5. The Bertz CT molecular complexity index is 885. The summed E-state index contributed by atoms with van der Waals surface area (Å²) in [4.78, 5) is 11.7. The lowest BCUT2D eigenvalue weighted by atomic mass is 9.94. The van der Waals surface area contributed by atoms with Crippen LogP contribution in [0.5, 0.6) is 23.0 Å². The molecular formula is C23H28O6. The van der Waals surface area contributed by atoms with Gasteiger partial charge in [-0.25, -0.2) is 4.79 Å². The van der Waals surface area contributed by atoms with E-state index in [4.69, 9.17) is 23.7 Å². The fraction of sp³-hybridized carbons (Fsp3) is 0.348. The lowest BCUT2D eigenvalue weighted by Gasteiger charge is -2.22. The molecule has 0 saturated carbocycles. The van der Waals surface area contributed by atoms with Gasteiger partial charge in [-0.1, -0.05) is 24.3 Å². The number of esters is 1. The van der Waals surface area contributed by atoms with Gasteiger partial charge in [-0.3, -0.25) is 0 Å². The first-order chi connectivity index (χ1) is 14.0. The van der Waals surface area contributed by atoms with E-state index in [0.29, 0.717) is 36.0 Å². The Morgan fingerprint density at radius 1 is 0.897 bits per heavy atom. The third-order valence-electron chi connectivity index (χ3n) is 4.61. The van der Waals surface area contributed by atoms with E-state index in [9.17, 15) is 4.79 Å². The number of hydrogen-bond donors (Lipinski definition) is 0. The van der Waals surface area contributed by atoms with Gasteiger partial charge in [0.05, 0.1) is 35.0 Å². The number of benzene rings is 2. The fourth-order valence-electron chi connectivity index (χ4n) is 3.26. The zero-order valence-corrected chi connectivity index (χ0v) is 17.8. The molecule has 0 fully saturated rings. The van der Waals surface area contributed by atoms with Crippen molar-refractivity contribution in [3.05, 3.63) is 52.6 Å². The zero-order chi connectivity index (χ0) is 21.4. The van der Waals surface area contributed by atoms with E-state index in [-0.39, 0.29) is 5.97 Å². The molecule has 0 aliphatic rings. The third kappa shape index (κ3) is 4.83. The summed E-state index contributed by atoms with van der Waals surface area (Å²) in [5, 5.41) is 0. The number of ether oxygens (including phenoxy) is 5. The molecule has 0 N–H and O–H groups in total. The first kappa shape index (κ1) is 22.1. The summed E-state index contributed by atoms with van der Waals surface area (Å²) in [6.07, 6.45) is 3.74. The Hall–Kier alpha value is -3.15. The molecule has 0 radical (unpaired) electrons. The minimum absolute atomic E-state index is 0.340. The SMILES string of the molecule is CCOC(=O)C=Cc1ccccc1Cc1c(C)c(OC)c(OC)c(OC)c1OC. The summed E-state index contributed by atoms with van der Waals surface area (Å²) in [7, 11) is 6.32. The molecule has 0 unspecified atom stereocenters. The van der Waals surface area contributed by atoms with Crippen molar-refractivity contribution in [1.82, 2.24) is 0 Å². The second kappa shape index (κ2) is 10.4. The van der Waals surface area contributed by atoms with Crippen molar-refractivity contribution in [2.24, 2.45) is 0 Å². The van der Waals surface area contributed by atoms with E-state index < -0.39 is 0 Å². The molecule has 0 aromatic heterocycles. The molecule has 156 valence electrons. The summed E-state index contributed by atoms with van der Waals surface area (Å²) >= 11 is 0. The van der Waals surface area contributed by atoms with Gasteiger partial charge in [0, 0.05) is 23.6 Å². The van der Waals surface area contributed by atoms with Gasteiger partial charge in [0.1, 0.15) is 0 Å². The third-order valence-corrected chi connectivity index (χ3v) is 4.61. The van der Waals surface area contributed by atoms with Gasteiger partial charge in [-0.05, 0) is 31.1 Å². The highest BCUT2D eigenvalue weighted by Gasteiger charge is 2.25. The van der Waals surface area contributed by atoms with Crippen LogP contribution in [-0.4, -0.2) is 41.0 Å². The van der Waals surface area contributed by atoms with Crippen LogP contribution in [0.4, 0.5) is 0 Å². The summed E-state index contributed by atoms with van der Waals surface area (Å²) in [5.74, 6) is 1.78. The zero-order valence-electron chi connectivity index (χ0n) is 17.8.